The Bertz CT molecular complexity index is 251. The maximum atomic E-state index is 11.4. The largest absolute Gasteiger partial charge is 0.381 e. The number of hydrogen-bond donors (Lipinski definition) is 3. The number of nitrogens with two attached hydrogens (primary N) is 1. The van der Waals surface area contributed by atoms with Gasteiger partial charge in [0.2, 0.25) is 11.8 Å². The van der Waals surface area contributed by atoms with Crippen molar-refractivity contribution < 1.29 is 19.4 Å². The number of rotatable bonds is 5. The summed E-state index contributed by atoms with van der Waals surface area (Å²) < 4.78 is 5.39. The van der Waals surface area contributed by atoms with E-state index >= 15 is 0 Å². The predicted molar refractivity (Wildman–Crippen MR) is 56.4 cm³/mol. The molecule has 6 nitrogen and oxygen atoms in total. The normalized spacial score (nSPS) is 22.4. The van der Waals surface area contributed by atoms with E-state index in [-0.39, 0.29) is 25.0 Å². The third-order valence-corrected chi connectivity index (χ3v) is 2.51. The fraction of sp³-hybridized carbons (Fsp3) is 0.800. The number of carbonyl (C=O) groups is 2. The Morgan fingerprint density at radius 1 is 1.50 bits per heavy atom. The Kier molecular flexibility index (Phi) is 5.21. The van der Waals surface area contributed by atoms with Gasteiger partial charge in [0, 0.05) is 6.61 Å². The van der Waals surface area contributed by atoms with Crippen LogP contribution in [0.5, 0.6) is 0 Å². The van der Waals surface area contributed by atoms with Crippen LogP contribution in [0.25, 0.3) is 0 Å². The fourth-order valence-electron chi connectivity index (χ4n) is 1.56. The maximum Gasteiger partial charge on any atom is 0.248 e. The monoisotopic (exact) mass is 230 g/mol. The summed E-state index contributed by atoms with van der Waals surface area (Å²) in [7, 11) is 0. The number of primary amides is 1. The van der Waals surface area contributed by atoms with E-state index in [9.17, 15) is 9.59 Å². The van der Waals surface area contributed by atoms with Gasteiger partial charge >= 0.3 is 0 Å². The van der Waals surface area contributed by atoms with Gasteiger partial charge in [-0.3, -0.25) is 9.59 Å². The minimum absolute atomic E-state index is 0.0422. The van der Waals surface area contributed by atoms with E-state index in [2.05, 4.69) is 5.32 Å². The molecule has 1 aliphatic rings. The third kappa shape index (κ3) is 4.59. The molecule has 1 saturated heterocycles. The second-order valence-corrected chi connectivity index (χ2v) is 3.91. The van der Waals surface area contributed by atoms with Crippen LogP contribution < -0.4 is 11.1 Å². The van der Waals surface area contributed by atoms with Crippen molar-refractivity contribution in [2.75, 3.05) is 13.2 Å². The van der Waals surface area contributed by atoms with E-state index in [1.807, 2.05) is 0 Å². The summed E-state index contributed by atoms with van der Waals surface area (Å²) in [4.78, 5) is 21.9. The lowest BCUT2D eigenvalue weighted by molar-refractivity contribution is -0.128. The fourth-order valence-corrected chi connectivity index (χ4v) is 1.56. The van der Waals surface area contributed by atoms with Gasteiger partial charge in [-0.2, -0.15) is 0 Å². The van der Waals surface area contributed by atoms with Gasteiger partial charge in [0.05, 0.1) is 19.1 Å². The molecule has 16 heavy (non-hydrogen) atoms. The van der Waals surface area contributed by atoms with Gasteiger partial charge in [-0.05, 0) is 19.3 Å². The summed E-state index contributed by atoms with van der Waals surface area (Å²) in [5.74, 6) is -1.07. The molecule has 0 aliphatic carbocycles. The number of aliphatic hydroxyl groups is 1. The van der Waals surface area contributed by atoms with Crippen LogP contribution in [0, 0.1) is 0 Å². The van der Waals surface area contributed by atoms with Gasteiger partial charge in [0.25, 0.3) is 0 Å². The van der Waals surface area contributed by atoms with Crippen molar-refractivity contribution in [3.05, 3.63) is 0 Å². The van der Waals surface area contributed by atoms with Gasteiger partial charge in [0.1, 0.15) is 6.10 Å². The molecule has 1 fully saturated rings. The smallest absolute Gasteiger partial charge is 0.248 e. The van der Waals surface area contributed by atoms with Crippen LogP contribution in [0.4, 0.5) is 0 Å². The van der Waals surface area contributed by atoms with Crippen molar-refractivity contribution in [3.63, 3.8) is 0 Å². The number of ether oxygens (including phenoxy) is 1. The van der Waals surface area contributed by atoms with Gasteiger partial charge < -0.3 is 20.9 Å². The molecule has 92 valence electrons. The highest BCUT2D eigenvalue weighted by atomic mass is 16.5. The lowest BCUT2D eigenvalue weighted by atomic mass is 10.1. The molecule has 1 rings (SSSR count). The molecule has 0 radical (unpaired) electrons. The molecule has 0 saturated carbocycles. The SMILES string of the molecule is NC(=O)C(O)CNC(=O)CC1CCCCO1. The molecule has 2 unspecified atom stereocenters. The van der Waals surface area contributed by atoms with E-state index in [4.69, 9.17) is 15.6 Å². The summed E-state index contributed by atoms with van der Waals surface area (Å²) in [6, 6.07) is 0. The van der Waals surface area contributed by atoms with Crippen LogP contribution in [0.3, 0.4) is 0 Å². The third-order valence-electron chi connectivity index (χ3n) is 2.51. The highest BCUT2D eigenvalue weighted by Crippen LogP contribution is 2.15. The molecular weight excluding hydrogens is 212 g/mol. The van der Waals surface area contributed by atoms with Gasteiger partial charge in [-0.1, -0.05) is 0 Å². The Balaban J connectivity index is 2.17. The molecule has 0 bridgehead atoms. The summed E-state index contributed by atoms with van der Waals surface area (Å²) >= 11 is 0. The first-order valence-corrected chi connectivity index (χ1v) is 5.45. The van der Waals surface area contributed by atoms with Crippen LogP contribution in [-0.4, -0.2) is 42.3 Å². The molecule has 1 aliphatic heterocycles. The molecule has 2 atom stereocenters. The van der Waals surface area contributed by atoms with Crippen molar-refractivity contribution in [1.29, 1.82) is 0 Å². The van der Waals surface area contributed by atoms with Crippen LogP contribution in [-0.2, 0) is 14.3 Å². The summed E-state index contributed by atoms with van der Waals surface area (Å²) in [6.07, 6.45) is 1.90. The summed E-state index contributed by atoms with van der Waals surface area (Å²) in [6.45, 7) is 0.558. The minimum atomic E-state index is -1.32. The van der Waals surface area contributed by atoms with E-state index < -0.39 is 12.0 Å². The standard InChI is InChI=1S/C10H18N2O4/c11-10(15)8(13)6-12-9(14)5-7-3-1-2-4-16-7/h7-8,13H,1-6H2,(H2,11,15)(H,12,14). The average molecular weight is 230 g/mol. The number of carbonyl (C=O) groups excluding carboxylic acids is 2. The molecule has 0 aromatic rings. The Morgan fingerprint density at radius 2 is 2.25 bits per heavy atom. The average Bonchev–Trinajstić information content (AvgIpc) is 2.27. The van der Waals surface area contributed by atoms with E-state index in [1.165, 1.54) is 0 Å². The Labute approximate surface area is 94.1 Å². The van der Waals surface area contributed by atoms with Gasteiger partial charge in [0.15, 0.2) is 0 Å². The Hall–Kier alpha value is -1.14. The van der Waals surface area contributed by atoms with E-state index in [0.717, 1.165) is 19.3 Å². The second-order valence-electron chi connectivity index (χ2n) is 3.91. The number of aliphatic hydroxyl groups excluding tert-OH is 1. The van der Waals surface area contributed by atoms with Gasteiger partial charge in [-0.15, -0.1) is 0 Å². The summed E-state index contributed by atoms with van der Waals surface area (Å²) in [5.41, 5.74) is 4.84. The van der Waals surface area contributed by atoms with Crippen LogP contribution in [0.15, 0.2) is 0 Å². The molecule has 0 spiro atoms. The van der Waals surface area contributed by atoms with E-state index in [1.54, 1.807) is 0 Å². The highest BCUT2D eigenvalue weighted by molar-refractivity contribution is 5.81. The first-order valence-electron chi connectivity index (χ1n) is 5.45. The second kappa shape index (κ2) is 6.44. The first kappa shape index (κ1) is 12.9. The van der Waals surface area contributed by atoms with Crippen molar-refractivity contribution in [3.8, 4) is 0 Å². The zero-order valence-electron chi connectivity index (χ0n) is 9.15. The first-order chi connectivity index (χ1) is 7.59. The van der Waals surface area contributed by atoms with E-state index in [0.29, 0.717) is 6.61 Å². The predicted octanol–water partition coefficient (Wildman–Crippen LogP) is -1.09. The molecule has 6 heteroatoms. The van der Waals surface area contributed by atoms with Crippen LogP contribution in [0.1, 0.15) is 25.7 Å². The van der Waals surface area contributed by atoms with Crippen LogP contribution in [0.2, 0.25) is 0 Å². The number of nitrogens with one attached hydrogen (secondary N) is 1. The molecule has 0 aromatic carbocycles. The topological polar surface area (TPSA) is 102 Å². The molecule has 2 amide bonds. The van der Waals surface area contributed by atoms with Crippen molar-refractivity contribution >= 4 is 11.8 Å². The zero-order valence-corrected chi connectivity index (χ0v) is 9.15. The van der Waals surface area contributed by atoms with Gasteiger partial charge in [-0.25, -0.2) is 0 Å². The lowest BCUT2D eigenvalue weighted by Gasteiger charge is -2.22. The van der Waals surface area contributed by atoms with Crippen molar-refractivity contribution in [2.24, 2.45) is 5.73 Å². The van der Waals surface area contributed by atoms with Crippen LogP contribution >= 0.6 is 0 Å². The zero-order chi connectivity index (χ0) is 12.0. The van der Waals surface area contributed by atoms with Crippen molar-refractivity contribution in [1.82, 2.24) is 5.32 Å². The maximum absolute atomic E-state index is 11.4. The molecular formula is C10H18N2O4. The molecule has 0 aromatic heterocycles. The summed E-state index contributed by atoms with van der Waals surface area (Å²) in [5, 5.41) is 11.5. The quantitative estimate of drug-likeness (QED) is 0.558. The molecule has 4 N–H and O–H groups in total. The lowest BCUT2D eigenvalue weighted by Crippen LogP contribution is -2.41. The Morgan fingerprint density at radius 3 is 2.81 bits per heavy atom. The molecule has 1 heterocycles. The number of amides is 2. The number of hydrogen-bond acceptors (Lipinski definition) is 4. The minimum Gasteiger partial charge on any atom is -0.381 e. The van der Waals surface area contributed by atoms with Crippen molar-refractivity contribution in [2.45, 2.75) is 37.9 Å². The highest BCUT2D eigenvalue weighted by Gasteiger charge is 2.18.